The number of carbonyl (C=O) groups is 1. The van der Waals surface area contributed by atoms with Crippen LogP contribution in [0.1, 0.15) is 22.8 Å². The van der Waals surface area contributed by atoms with Crippen molar-refractivity contribution in [3.63, 3.8) is 0 Å². The van der Waals surface area contributed by atoms with E-state index in [0.29, 0.717) is 17.7 Å². The van der Waals surface area contributed by atoms with Crippen LogP contribution in [0.2, 0.25) is 0 Å². The van der Waals surface area contributed by atoms with Crippen LogP contribution in [-0.2, 0) is 6.54 Å². The highest BCUT2D eigenvalue weighted by molar-refractivity contribution is 9.10. The van der Waals surface area contributed by atoms with Gasteiger partial charge in [-0.2, -0.15) is 0 Å². The fourth-order valence-electron chi connectivity index (χ4n) is 1.69. The maximum atomic E-state index is 13.6. The zero-order valence-electron chi connectivity index (χ0n) is 10.4. The van der Waals surface area contributed by atoms with E-state index in [1.807, 2.05) is 12.1 Å². The molecule has 0 aliphatic carbocycles. The van der Waals surface area contributed by atoms with Gasteiger partial charge in [0.05, 0.1) is 0 Å². The van der Waals surface area contributed by atoms with E-state index >= 15 is 0 Å². The van der Waals surface area contributed by atoms with Gasteiger partial charge in [-0.05, 0) is 43.3 Å². The molecule has 0 spiro atoms. The second-order valence-electron chi connectivity index (χ2n) is 4.22. The lowest BCUT2D eigenvalue weighted by atomic mass is 10.1. The minimum Gasteiger partial charge on any atom is -0.381 e. The maximum Gasteiger partial charge on any atom is 0.159 e. The molecule has 98 valence electrons. The van der Waals surface area contributed by atoms with Gasteiger partial charge in [0.15, 0.2) is 5.78 Å². The Morgan fingerprint density at radius 1 is 1.21 bits per heavy atom. The Bertz CT molecular complexity index is 596. The molecule has 2 rings (SSSR count). The molecule has 0 unspecified atom stereocenters. The van der Waals surface area contributed by atoms with Crippen LogP contribution in [0.5, 0.6) is 0 Å². The molecule has 0 aliphatic rings. The highest BCUT2D eigenvalue weighted by Crippen LogP contribution is 2.17. The quantitative estimate of drug-likeness (QED) is 0.845. The fourth-order valence-corrected chi connectivity index (χ4v) is 2.02. The Balaban J connectivity index is 2.04. The largest absolute Gasteiger partial charge is 0.381 e. The molecular formula is C15H13BrFNO. The number of Topliss-reactive ketones (excluding diaryl/α,β-unsaturated/α-hetero) is 1. The number of anilines is 1. The van der Waals surface area contributed by atoms with Crippen LogP contribution >= 0.6 is 15.9 Å². The average Bonchev–Trinajstić information content (AvgIpc) is 2.38. The Kier molecular flexibility index (Phi) is 4.32. The first-order valence-corrected chi connectivity index (χ1v) is 6.64. The summed E-state index contributed by atoms with van der Waals surface area (Å²) in [5.41, 5.74) is 2.12. The Morgan fingerprint density at radius 3 is 2.47 bits per heavy atom. The minimum atomic E-state index is -0.248. The van der Waals surface area contributed by atoms with Crippen molar-refractivity contribution < 1.29 is 9.18 Å². The van der Waals surface area contributed by atoms with E-state index in [2.05, 4.69) is 21.2 Å². The molecule has 4 heteroatoms. The highest BCUT2D eigenvalue weighted by Gasteiger charge is 2.03. The van der Waals surface area contributed by atoms with E-state index in [-0.39, 0.29) is 11.6 Å². The van der Waals surface area contributed by atoms with Crippen LogP contribution < -0.4 is 5.32 Å². The molecule has 0 atom stereocenters. The first kappa shape index (κ1) is 13.7. The predicted octanol–water partition coefficient (Wildman–Crippen LogP) is 4.40. The van der Waals surface area contributed by atoms with Crippen LogP contribution in [0, 0.1) is 5.82 Å². The highest BCUT2D eigenvalue weighted by atomic mass is 79.9. The van der Waals surface area contributed by atoms with Gasteiger partial charge in [0.25, 0.3) is 0 Å². The minimum absolute atomic E-state index is 0.0329. The summed E-state index contributed by atoms with van der Waals surface area (Å²) in [6.07, 6.45) is 0. The van der Waals surface area contributed by atoms with Gasteiger partial charge in [0.2, 0.25) is 0 Å². The number of carbonyl (C=O) groups excluding carboxylic acids is 1. The standard InChI is InChI=1S/C15H13BrFNO/c1-10(19)11-3-6-14(7-4-11)18-9-12-2-5-13(16)8-15(12)17/h2-8,18H,9H2,1H3. The van der Waals surface area contributed by atoms with E-state index in [4.69, 9.17) is 0 Å². The molecule has 0 aromatic heterocycles. The summed E-state index contributed by atoms with van der Waals surface area (Å²) in [5, 5.41) is 3.12. The number of halogens is 2. The van der Waals surface area contributed by atoms with E-state index in [1.54, 1.807) is 24.3 Å². The third kappa shape index (κ3) is 3.64. The molecule has 1 N–H and O–H groups in total. The lowest BCUT2D eigenvalue weighted by molar-refractivity contribution is 0.101. The topological polar surface area (TPSA) is 29.1 Å². The number of ketones is 1. The number of hydrogen-bond acceptors (Lipinski definition) is 2. The lowest BCUT2D eigenvalue weighted by Gasteiger charge is -2.08. The van der Waals surface area contributed by atoms with Crippen LogP contribution in [0.15, 0.2) is 46.9 Å². The Labute approximate surface area is 119 Å². The van der Waals surface area contributed by atoms with Crippen molar-refractivity contribution in [2.45, 2.75) is 13.5 Å². The summed E-state index contributed by atoms with van der Waals surface area (Å²) in [6, 6.07) is 12.1. The van der Waals surface area contributed by atoms with Crippen molar-refractivity contribution in [1.29, 1.82) is 0 Å². The van der Waals surface area contributed by atoms with E-state index in [1.165, 1.54) is 13.0 Å². The van der Waals surface area contributed by atoms with Crippen molar-refractivity contribution in [2.24, 2.45) is 0 Å². The van der Waals surface area contributed by atoms with E-state index in [0.717, 1.165) is 10.2 Å². The summed E-state index contributed by atoms with van der Waals surface area (Å²) < 4.78 is 14.3. The number of benzene rings is 2. The number of nitrogens with one attached hydrogen (secondary N) is 1. The Morgan fingerprint density at radius 2 is 1.89 bits per heavy atom. The third-order valence-electron chi connectivity index (χ3n) is 2.79. The van der Waals surface area contributed by atoms with Crippen LogP contribution in [0.3, 0.4) is 0 Å². The van der Waals surface area contributed by atoms with E-state index < -0.39 is 0 Å². The van der Waals surface area contributed by atoms with Gasteiger partial charge in [0.1, 0.15) is 5.82 Å². The molecule has 0 bridgehead atoms. The molecule has 0 radical (unpaired) electrons. The summed E-state index contributed by atoms with van der Waals surface area (Å²) in [5.74, 6) is -0.215. The normalized spacial score (nSPS) is 10.3. The molecular weight excluding hydrogens is 309 g/mol. The van der Waals surface area contributed by atoms with Crippen molar-refractivity contribution in [3.8, 4) is 0 Å². The monoisotopic (exact) mass is 321 g/mol. The molecule has 0 saturated carbocycles. The number of rotatable bonds is 4. The van der Waals surface area contributed by atoms with Gasteiger partial charge in [-0.1, -0.05) is 22.0 Å². The maximum absolute atomic E-state index is 13.6. The van der Waals surface area contributed by atoms with Gasteiger partial charge >= 0.3 is 0 Å². The molecule has 0 heterocycles. The zero-order valence-corrected chi connectivity index (χ0v) is 12.0. The average molecular weight is 322 g/mol. The van der Waals surface area contributed by atoms with Crippen molar-refractivity contribution >= 4 is 27.4 Å². The first-order chi connectivity index (χ1) is 9.06. The van der Waals surface area contributed by atoms with Gasteiger partial charge in [-0.15, -0.1) is 0 Å². The summed E-state index contributed by atoms with van der Waals surface area (Å²) in [7, 11) is 0. The van der Waals surface area contributed by atoms with Crippen LogP contribution in [-0.4, -0.2) is 5.78 Å². The van der Waals surface area contributed by atoms with Gasteiger partial charge < -0.3 is 5.32 Å². The molecule has 19 heavy (non-hydrogen) atoms. The van der Waals surface area contributed by atoms with Crippen molar-refractivity contribution in [1.82, 2.24) is 0 Å². The molecule has 2 nitrogen and oxygen atoms in total. The fraction of sp³-hybridized carbons (Fsp3) is 0.133. The SMILES string of the molecule is CC(=O)c1ccc(NCc2ccc(Br)cc2F)cc1. The van der Waals surface area contributed by atoms with Crippen molar-refractivity contribution in [3.05, 3.63) is 63.9 Å². The second kappa shape index (κ2) is 5.97. The van der Waals surface area contributed by atoms with Gasteiger partial charge in [0, 0.05) is 27.8 Å². The molecule has 0 fully saturated rings. The molecule has 0 aliphatic heterocycles. The molecule has 2 aromatic rings. The molecule has 0 amide bonds. The Hall–Kier alpha value is -1.68. The second-order valence-corrected chi connectivity index (χ2v) is 5.14. The number of hydrogen-bond donors (Lipinski definition) is 1. The summed E-state index contributed by atoms with van der Waals surface area (Å²) >= 11 is 3.22. The smallest absolute Gasteiger partial charge is 0.159 e. The summed E-state index contributed by atoms with van der Waals surface area (Å²) in [6.45, 7) is 1.93. The lowest BCUT2D eigenvalue weighted by Crippen LogP contribution is -2.02. The van der Waals surface area contributed by atoms with E-state index in [9.17, 15) is 9.18 Å². The molecule has 2 aromatic carbocycles. The van der Waals surface area contributed by atoms with Gasteiger partial charge in [-0.3, -0.25) is 4.79 Å². The van der Waals surface area contributed by atoms with Crippen LogP contribution in [0.25, 0.3) is 0 Å². The van der Waals surface area contributed by atoms with Gasteiger partial charge in [-0.25, -0.2) is 4.39 Å². The van der Waals surface area contributed by atoms with Crippen molar-refractivity contribution in [2.75, 3.05) is 5.32 Å². The predicted molar refractivity (Wildman–Crippen MR) is 77.9 cm³/mol. The zero-order chi connectivity index (χ0) is 13.8. The first-order valence-electron chi connectivity index (χ1n) is 5.85. The molecule has 0 saturated heterocycles. The van der Waals surface area contributed by atoms with Crippen LogP contribution in [0.4, 0.5) is 10.1 Å². The third-order valence-corrected chi connectivity index (χ3v) is 3.28. The summed E-state index contributed by atoms with van der Waals surface area (Å²) in [4.78, 5) is 11.1.